The molecule has 2 atom stereocenters. The zero-order valence-electron chi connectivity index (χ0n) is 17.1. The molecule has 3 aromatic rings. The second kappa shape index (κ2) is 9.27. The van der Waals surface area contributed by atoms with Crippen molar-refractivity contribution in [2.45, 2.75) is 24.9 Å². The molecule has 32 heavy (non-hydrogen) atoms. The van der Waals surface area contributed by atoms with Gasteiger partial charge < -0.3 is 15.1 Å². The first-order chi connectivity index (χ1) is 15.4. The van der Waals surface area contributed by atoms with Crippen molar-refractivity contribution in [2.75, 3.05) is 13.1 Å². The van der Waals surface area contributed by atoms with E-state index in [-0.39, 0.29) is 31.5 Å². The van der Waals surface area contributed by atoms with Crippen LogP contribution in [0.3, 0.4) is 0 Å². The molecule has 2 unspecified atom stereocenters. The Morgan fingerprint density at radius 1 is 1.03 bits per heavy atom. The largest absolute Gasteiger partial charge is 0.465 e. The SMILES string of the molecule is O=C(O)N1CCC(c2cc(F)cc(F)c2)C(c2ccc(-c3ccccc3CO)cc2Cl)C1. The molecule has 4 rings (SSSR count). The Bertz CT molecular complexity index is 1130. The third kappa shape index (κ3) is 4.47. The fourth-order valence-corrected chi connectivity index (χ4v) is 4.88. The van der Waals surface area contributed by atoms with E-state index in [1.54, 1.807) is 6.07 Å². The number of carboxylic acid groups (broad SMARTS) is 1. The summed E-state index contributed by atoms with van der Waals surface area (Å²) in [5, 5.41) is 19.6. The number of amides is 1. The smallest absolute Gasteiger partial charge is 0.407 e. The van der Waals surface area contributed by atoms with Gasteiger partial charge in [0.15, 0.2) is 0 Å². The highest BCUT2D eigenvalue weighted by atomic mass is 35.5. The molecule has 1 amide bonds. The number of benzene rings is 3. The summed E-state index contributed by atoms with van der Waals surface area (Å²) in [6, 6.07) is 16.4. The van der Waals surface area contributed by atoms with Gasteiger partial charge in [-0.2, -0.15) is 0 Å². The molecule has 4 nitrogen and oxygen atoms in total. The first-order valence-electron chi connectivity index (χ1n) is 10.3. The molecule has 0 bridgehead atoms. The summed E-state index contributed by atoms with van der Waals surface area (Å²) in [4.78, 5) is 12.9. The van der Waals surface area contributed by atoms with Crippen molar-refractivity contribution in [3.63, 3.8) is 0 Å². The molecule has 1 fully saturated rings. The number of aliphatic hydroxyl groups is 1. The van der Waals surface area contributed by atoms with Gasteiger partial charge in [-0.3, -0.25) is 0 Å². The Kier molecular flexibility index (Phi) is 6.44. The molecule has 166 valence electrons. The van der Waals surface area contributed by atoms with E-state index in [2.05, 4.69) is 0 Å². The lowest BCUT2D eigenvalue weighted by molar-refractivity contribution is 0.125. The van der Waals surface area contributed by atoms with Crippen LogP contribution in [-0.4, -0.2) is 34.3 Å². The Hall–Kier alpha value is -2.96. The van der Waals surface area contributed by atoms with Gasteiger partial charge in [0.2, 0.25) is 0 Å². The van der Waals surface area contributed by atoms with Crippen LogP contribution >= 0.6 is 11.6 Å². The van der Waals surface area contributed by atoms with Crippen molar-refractivity contribution >= 4 is 17.7 Å². The van der Waals surface area contributed by atoms with E-state index in [9.17, 15) is 23.8 Å². The number of carbonyl (C=O) groups is 1. The predicted octanol–water partition coefficient (Wildman–Crippen LogP) is 6.03. The van der Waals surface area contributed by atoms with Gasteiger partial charge in [-0.1, -0.05) is 48.0 Å². The van der Waals surface area contributed by atoms with Crippen molar-refractivity contribution in [3.8, 4) is 11.1 Å². The lowest BCUT2D eigenvalue weighted by Gasteiger charge is -2.38. The van der Waals surface area contributed by atoms with Gasteiger partial charge in [-0.25, -0.2) is 13.6 Å². The highest BCUT2D eigenvalue weighted by Crippen LogP contribution is 2.43. The van der Waals surface area contributed by atoms with Gasteiger partial charge in [0.05, 0.1) is 6.61 Å². The molecule has 1 saturated heterocycles. The topological polar surface area (TPSA) is 60.8 Å². The maximum Gasteiger partial charge on any atom is 0.407 e. The number of halogens is 3. The van der Waals surface area contributed by atoms with Crippen molar-refractivity contribution in [1.29, 1.82) is 0 Å². The Morgan fingerprint density at radius 3 is 2.41 bits per heavy atom. The zero-order valence-corrected chi connectivity index (χ0v) is 17.9. The maximum absolute atomic E-state index is 13.9. The van der Waals surface area contributed by atoms with Crippen LogP contribution in [0, 0.1) is 11.6 Å². The van der Waals surface area contributed by atoms with Gasteiger partial charge in [0.25, 0.3) is 0 Å². The highest BCUT2D eigenvalue weighted by Gasteiger charge is 2.35. The molecule has 0 spiro atoms. The Morgan fingerprint density at radius 2 is 1.75 bits per heavy atom. The summed E-state index contributed by atoms with van der Waals surface area (Å²) in [5.41, 5.74) is 3.64. The number of hydrogen-bond donors (Lipinski definition) is 2. The van der Waals surface area contributed by atoms with Crippen LogP contribution in [0.25, 0.3) is 11.1 Å². The van der Waals surface area contributed by atoms with Crippen molar-refractivity contribution in [3.05, 3.63) is 94.0 Å². The van der Waals surface area contributed by atoms with E-state index in [0.29, 0.717) is 17.0 Å². The molecule has 2 N–H and O–H groups in total. The van der Waals surface area contributed by atoms with Gasteiger partial charge >= 0.3 is 6.09 Å². The van der Waals surface area contributed by atoms with Crippen LogP contribution in [-0.2, 0) is 6.61 Å². The van der Waals surface area contributed by atoms with E-state index in [4.69, 9.17) is 11.6 Å². The lowest BCUT2D eigenvalue weighted by atomic mass is 9.76. The predicted molar refractivity (Wildman–Crippen MR) is 119 cm³/mol. The summed E-state index contributed by atoms with van der Waals surface area (Å²) in [7, 11) is 0. The standard InChI is InChI=1S/C25H22ClF2NO3/c26-24-11-15(20-4-2-1-3-16(20)14-30)5-6-22(24)23-13-29(25(31)32)8-7-21(23)17-9-18(27)12-19(28)10-17/h1-6,9-12,21,23,30H,7-8,13-14H2,(H,31,32). The quantitative estimate of drug-likeness (QED) is 0.503. The first-order valence-corrected chi connectivity index (χ1v) is 10.7. The minimum absolute atomic E-state index is 0.112. The van der Waals surface area contributed by atoms with Crippen LogP contribution in [0.1, 0.15) is 34.9 Å². The number of hydrogen-bond acceptors (Lipinski definition) is 2. The third-order valence-corrected chi connectivity index (χ3v) is 6.42. The van der Waals surface area contributed by atoms with Crippen LogP contribution in [0.4, 0.5) is 13.6 Å². The fourth-order valence-electron chi connectivity index (χ4n) is 4.56. The van der Waals surface area contributed by atoms with Crippen LogP contribution in [0.2, 0.25) is 5.02 Å². The number of rotatable bonds is 4. The van der Waals surface area contributed by atoms with E-state index in [1.165, 1.54) is 17.0 Å². The minimum Gasteiger partial charge on any atom is -0.465 e. The van der Waals surface area contributed by atoms with Gasteiger partial charge in [-0.05, 0) is 58.4 Å². The molecule has 0 saturated carbocycles. The molecular weight excluding hydrogens is 436 g/mol. The normalized spacial score (nSPS) is 18.6. The van der Waals surface area contributed by atoms with E-state index in [0.717, 1.165) is 28.3 Å². The number of likely N-dealkylation sites (tertiary alicyclic amines) is 1. The Labute approximate surface area is 189 Å². The van der Waals surface area contributed by atoms with Gasteiger partial charge in [0.1, 0.15) is 11.6 Å². The average Bonchev–Trinajstić information content (AvgIpc) is 2.78. The molecule has 0 aromatic heterocycles. The van der Waals surface area contributed by atoms with Gasteiger partial charge in [0, 0.05) is 30.1 Å². The molecule has 7 heteroatoms. The summed E-state index contributed by atoms with van der Waals surface area (Å²) in [6.07, 6.45) is -0.617. The summed E-state index contributed by atoms with van der Waals surface area (Å²) < 4.78 is 27.8. The second-order valence-corrected chi connectivity index (χ2v) is 8.39. The summed E-state index contributed by atoms with van der Waals surface area (Å²) >= 11 is 6.67. The third-order valence-electron chi connectivity index (χ3n) is 6.09. The van der Waals surface area contributed by atoms with Crippen molar-refractivity contribution < 1.29 is 23.8 Å². The van der Waals surface area contributed by atoms with Crippen molar-refractivity contribution in [2.24, 2.45) is 0 Å². The molecule has 0 radical (unpaired) electrons. The molecule has 1 aliphatic heterocycles. The summed E-state index contributed by atoms with van der Waals surface area (Å²) in [6.45, 7) is 0.331. The highest BCUT2D eigenvalue weighted by molar-refractivity contribution is 6.31. The molecule has 0 aliphatic carbocycles. The number of piperidine rings is 1. The molecular formula is C25H22ClF2NO3. The number of aliphatic hydroxyl groups excluding tert-OH is 1. The second-order valence-electron chi connectivity index (χ2n) is 7.98. The Balaban J connectivity index is 1.75. The molecule has 3 aromatic carbocycles. The van der Waals surface area contributed by atoms with Crippen molar-refractivity contribution in [1.82, 2.24) is 4.90 Å². The lowest BCUT2D eigenvalue weighted by Crippen LogP contribution is -2.41. The van der Waals surface area contributed by atoms with E-state index >= 15 is 0 Å². The monoisotopic (exact) mass is 457 g/mol. The van der Waals surface area contributed by atoms with Gasteiger partial charge in [-0.15, -0.1) is 0 Å². The van der Waals surface area contributed by atoms with E-state index < -0.39 is 17.7 Å². The minimum atomic E-state index is -1.04. The maximum atomic E-state index is 13.9. The van der Waals surface area contributed by atoms with Crippen LogP contribution in [0.15, 0.2) is 60.7 Å². The average molecular weight is 458 g/mol. The molecule has 1 aliphatic rings. The number of nitrogens with zero attached hydrogens (tertiary/aromatic N) is 1. The first kappa shape index (κ1) is 22.2. The van der Waals surface area contributed by atoms with Crippen LogP contribution < -0.4 is 0 Å². The molecule has 1 heterocycles. The zero-order chi connectivity index (χ0) is 22.8. The van der Waals surface area contributed by atoms with Crippen LogP contribution in [0.5, 0.6) is 0 Å². The fraction of sp³-hybridized carbons (Fsp3) is 0.240. The van der Waals surface area contributed by atoms with E-state index in [1.807, 2.05) is 36.4 Å². The summed E-state index contributed by atoms with van der Waals surface area (Å²) in [5.74, 6) is -1.98.